The summed E-state index contributed by atoms with van der Waals surface area (Å²) in [4.78, 5) is 20.1. The van der Waals surface area contributed by atoms with Crippen LogP contribution in [-0.4, -0.2) is 16.5 Å². The van der Waals surface area contributed by atoms with Gasteiger partial charge in [0.05, 0.1) is 22.0 Å². The van der Waals surface area contributed by atoms with Crippen LogP contribution in [0.2, 0.25) is 0 Å². The van der Waals surface area contributed by atoms with Crippen LogP contribution in [0.25, 0.3) is 0 Å². The van der Waals surface area contributed by atoms with Crippen LogP contribution < -0.4 is 9.83 Å². The number of nitrogens with zero attached hydrogens (tertiary/aromatic N) is 2. The number of nitro groups is 2. The summed E-state index contributed by atoms with van der Waals surface area (Å²) < 4.78 is 62.5. The van der Waals surface area contributed by atoms with Crippen molar-refractivity contribution in [1.29, 1.82) is 0 Å². The Balaban J connectivity index is 2.83. The van der Waals surface area contributed by atoms with Crippen molar-refractivity contribution >= 4 is 24.3 Å². The Bertz CT molecular complexity index is 915. The van der Waals surface area contributed by atoms with Gasteiger partial charge in [-0.1, -0.05) is 18.2 Å². The van der Waals surface area contributed by atoms with Gasteiger partial charge in [0.15, 0.2) is 0 Å². The first kappa shape index (κ1) is 21.3. The summed E-state index contributed by atoms with van der Waals surface area (Å²) in [6, 6.07) is 7.20. The highest BCUT2D eigenvalue weighted by Crippen LogP contribution is 2.52. The van der Waals surface area contributed by atoms with Crippen molar-refractivity contribution in [1.82, 2.24) is 0 Å². The average molecular weight is 420 g/mol. The molecule has 13 heteroatoms. The molecular weight excluding hydrogens is 408 g/mol. The van der Waals surface area contributed by atoms with Gasteiger partial charge in [0.25, 0.3) is 11.4 Å². The molecule has 0 saturated carbocycles. The minimum atomic E-state index is -5.11. The number of alkyl halides is 3. The molecule has 0 aromatic heterocycles. The lowest BCUT2D eigenvalue weighted by molar-refractivity contribution is -0.392. The Kier molecular flexibility index (Phi) is 6.05. The van der Waals surface area contributed by atoms with E-state index in [2.05, 4.69) is 0 Å². The maximum atomic E-state index is 13.3. The Morgan fingerprint density at radius 1 is 1.04 bits per heavy atom. The zero-order chi connectivity index (χ0) is 21.1. The quantitative estimate of drug-likeness (QED) is 0.368. The topological polar surface area (TPSA) is 122 Å². The summed E-state index contributed by atoms with van der Waals surface area (Å²) in [7, 11) is -4.80. The predicted octanol–water partition coefficient (Wildman–Crippen LogP) is 4.46. The van der Waals surface area contributed by atoms with Crippen LogP contribution in [0, 0.1) is 20.2 Å². The number of nitro benzene ring substituents is 2. The van der Waals surface area contributed by atoms with E-state index < -0.39 is 45.9 Å². The lowest BCUT2D eigenvalue weighted by Crippen LogP contribution is -2.22. The van der Waals surface area contributed by atoms with Gasteiger partial charge >= 0.3 is 13.8 Å². The van der Waals surface area contributed by atoms with Crippen LogP contribution in [0.15, 0.2) is 42.5 Å². The monoisotopic (exact) mass is 420 g/mol. The first-order chi connectivity index (χ1) is 13.0. The molecule has 0 radical (unpaired) electrons. The Labute approximate surface area is 155 Å². The maximum Gasteiger partial charge on any atom is 0.424 e. The lowest BCUT2D eigenvalue weighted by atomic mass is 10.1. The van der Waals surface area contributed by atoms with Crippen molar-refractivity contribution in [2.24, 2.45) is 0 Å². The Morgan fingerprint density at radius 2 is 1.54 bits per heavy atom. The summed E-state index contributed by atoms with van der Waals surface area (Å²) >= 11 is 0. The van der Waals surface area contributed by atoms with Gasteiger partial charge in [0, 0.05) is 12.1 Å². The van der Waals surface area contributed by atoms with E-state index in [9.17, 15) is 38.0 Å². The van der Waals surface area contributed by atoms with Gasteiger partial charge < -0.3 is 4.52 Å². The van der Waals surface area contributed by atoms with Crippen LogP contribution in [0.4, 0.5) is 24.5 Å². The van der Waals surface area contributed by atoms with Crippen molar-refractivity contribution < 1.29 is 36.6 Å². The molecule has 0 unspecified atom stereocenters. The van der Waals surface area contributed by atoms with Crippen molar-refractivity contribution in [2.45, 2.75) is 13.1 Å². The van der Waals surface area contributed by atoms with Crippen LogP contribution in [-0.2, 0) is 15.3 Å². The number of benzene rings is 2. The third-order valence-corrected chi connectivity index (χ3v) is 5.39. The number of para-hydroxylation sites is 1. The molecule has 0 bridgehead atoms. The summed E-state index contributed by atoms with van der Waals surface area (Å²) in [6.45, 7) is 0.988. The smallest absolute Gasteiger partial charge is 0.421 e. The fourth-order valence-electron chi connectivity index (χ4n) is 2.25. The number of halogens is 3. The first-order valence-corrected chi connectivity index (χ1v) is 9.07. The van der Waals surface area contributed by atoms with E-state index >= 15 is 0 Å². The highest BCUT2D eigenvalue weighted by molar-refractivity contribution is 7.63. The molecule has 1 atom stereocenters. The van der Waals surface area contributed by atoms with Crippen molar-refractivity contribution in [2.75, 3.05) is 6.61 Å². The van der Waals surface area contributed by atoms with Crippen LogP contribution in [0.3, 0.4) is 0 Å². The molecule has 0 spiro atoms. The van der Waals surface area contributed by atoms with E-state index in [1.54, 1.807) is 6.07 Å². The molecule has 0 saturated heterocycles. The standard InChI is InChI=1S/C15H12F3N2O7P/c1-2-26-28(25,27-11-6-4-3-5-7-11)14-12(19(21)22)8-10(15(16,17)18)9-13(14)20(23)24/h3-9H,2H2,1H3/t28-/m0/s1. The summed E-state index contributed by atoms with van der Waals surface area (Å²) in [5, 5.41) is 21.6. The van der Waals surface area contributed by atoms with Gasteiger partial charge in [-0.2, -0.15) is 13.2 Å². The van der Waals surface area contributed by atoms with Crippen molar-refractivity contribution in [3.05, 3.63) is 68.3 Å². The molecule has 150 valence electrons. The van der Waals surface area contributed by atoms with Gasteiger partial charge in [-0.15, -0.1) is 0 Å². The second kappa shape index (κ2) is 7.95. The average Bonchev–Trinajstić information content (AvgIpc) is 2.60. The number of hydrogen-bond acceptors (Lipinski definition) is 7. The molecule has 0 fully saturated rings. The van der Waals surface area contributed by atoms with E-state index in [0.29, 0.717) is 0 Å². The van der Waals surface area contributed by atoms with Crippen LogP contribution >= 0.6 is 7.60 Å². The Morgan fingerprint density at radius 3 is 1.93 bits per heavy atom. The van der Waals surface area contributed by atoms with Gasteiger partial charge in [-0.25, -0.2) is 4.57 Å². The van der Waals surface area contributed by atoms with E-state index in [1.807, 2.05) is 0 Å². The number of hydrogen-bond donors (Lipinski definition) is 0. The van der Waals surface area contributed by atoms with Crippen molar-refractivity contribution in [3.8, 4) is 5.75 Å². The normalized spacial score (nSPS) is 13.6. The molecule has 0 N–H and O–H groups in total. The van der Waals surface area contributed by atoms with Crippen LogP contribution in [0.5, 0.6) is 5.75 Å². The summed E-state index contributed by atoms with van der Waals surface area (Å²) in [5.41, 5.74) is -4.43. The first-order valence-electron chi connectivity index (χ1n) is 7.53. The molecule has 2 aromatic carbocycles. The molecule has 0 aliphatic rings. The highest BCUT2D eigenvalue weighted by Gasteiger charge is 2.47. The third kappa shape index (κ3) is 4.46. The van der Waals surface area contributed by atoms with E-state index in [0.717, 1.165) is 0 Å². The maximum absolute atomic E-state index is 13.3. The molecular formula is C15H12F3N2O7P. The zero-order valence-corrected chi connectivity index (χ0v) is 15.0. The summed E-state index contributed by atoms with van der Waals surface area (Å²) in [5.74, 6) is -0.109. The van der Waals surface area contributed by atoms with Gasteiger partial charge in [0.1, 0.15) is 5.75 Å². The molecule has 9 nitrogen and oxygen atoms in total. The second-order valence-electron chi connectivity index (χ2n) is 5.19. The molecule has 0 aliphatic heterocycles. The van der Waals surface area contributed by atoms with E-state index in [4.69, 9.17) is 9.05 Å². The lowest BCUT2D eigenvalue weighted by Gasteiger charge is -2.19. The molecule has 2 rings (SSSR count). The molecule has 0 heterocycles. The van der Waals surface area contributed by atoms with Gasteiger partial charge in [0.2, 0.25) is 5.30 Å². The Hall–Kier alpha value is -2.98. The highest BCUT2D eigenvalue weighted by atomic mass is 31.2. The van der Waals surface area contributed by atoms with E-state index in [-0.39, 0.29) is 24.5 Å². The SMILES string of the molecule is CCO[P@](=O)(Oc1ccccc1)c1c([N+](=O)[O-])cc(C(F)(F)F)cc1[N+](=O)[O-]. The largest absolute Gasteiger partial charge is 0.424 e. The van der Waals surface area contributed by atoms with Crippen LogP contribution in [0.1, 0.15) is 12.5 Å². The third-order valence-electron chi connectivity index (χ3n) is 3.33. The van der Waals surface area contributed by atoms with Gasteiger partial charge in [-0.05, 0) is 19.1 Å². The fraction of sp³-hybridized carbons (Fsp3) is 0.200. The van der Waals surface area contributed by atoms with Gasteiger partial charge in [-0.3, -0.25) is 24.8 Å². The van der Waals surface area contributed by atoms with Crippen molar-refractivity contribution in [3.63, 3.8) is 0 Å². The molecule has 2 aromatic rings. The zero-order valence-electron chi connectivity index (χ0n) is 14.1. The molecule has 28 heavy (non-hydrogen) atoms. The van der Waals surface area contributed by atoms with E-state index in [1.165, 1.54) is 31.2 Å². The molecule has 0 aliphatic carbocycles. The minimum absolute atomic E-state index is 0.0579. The number of rotatable bonds is 7. The molecule has 0 amide bonds. The fourth-order valence-corrected chi connectivity index (χ4v) is 4.12. The predicted molar refractivity (Wildman–Crippen MR) is 90.7 cm³/mol. The minimum Gasteiger partial charge on any atom is -0.421 e. The second-order valence-corrected chi connectivity index (χ2v) is 7.08. The summed E-state index contributed by atoms with van der Waals surface area (Å²) in [6.07, 6.45) is -5.11.